The maximum Gasteiger partial charge on any atom is 0.416 e. The summed E-state index contributed by atoms with van der Waals surface area (Å²) in [4.78, 5) is 11.5. The Kier molecular flexibility index (Phi) is 4.89. The maximum absolute atomic E-state index is 13.2. The molecule has 0 aliphatic heterocycles. The molecule has 4 aromatic carbocycles. The Labute approximate surface area is 186 Å². The van der Waals surface area contributed by atoms with Crippen molar-refractivity contribution in [2.45, 2.75) is 12.6 Å². The molecule has 5 rings (SSSR count). The van der Waals surface area contributed by atoms with Gasteiger partial charge in [-0.15, -0.1) is 0 Å². The molecule has 0 aliphatic rings. The highest BCUT2D eigenvalue weighted by Gasteiger charge is 2.30. The van der Waals surface area contributed by atoms with Crippen LogP contribution in [-0.2, 0) is 17.4 Å². The van der Waals surface area contributed by atoms with Crippen molar-refractivity contribution in [3.05, 3.63) is 96.2 Å². The molecule has 164 valence electrons. The highest BCUT2D eigenvalue weighted by molar-refractivity contribution is 6.08. The van der Waals surface area contributed by atoms with Crippen LogP contribution in [0.4, 0.5) is 13.2 Å². The molecule has 1 aromatic heterocycles. The summed E-state index contributed by atoms with van der Waals surface area (Å²) in [6.45, 7) is 0. The van der Waals surface area contributed by atoms with Crippen molar-refractivity contribution in [3.8, 4) is 16.9 Å². The van der Waals surface area contributed by atoms with Crippen LogP contribution >= 0.6 is 0 Å². The number of aromatic nitrogens is 2. The second-order valence-corrected chi connectivity index (χ2v) is 7.79. The lowest BCUT2D eigenvalue weighted by Crippen LogP contribution is -2.06. The second kappa shape index (κ2) is 7.78. The number of carbonyl (C=O) groups is 1. The molecule has 0 atom stereocenters. The van der Waals surface area contributed by atoms with Crippen molar-refractivity contribution in [2.75, 3.05) is 0 Å². The van der Waals surface area contributed by atoms with E-state index in [-0.39, 0.29) is 12.1 Å². The van der Waals surface area contributed by atoms with Crippen molar-refractivity contribution >= 4 is 27.5 Å². The molecule has 33 heavy (non-hydrogen) atoms. The van der Waals surface area contributed by atoms with Crippen LogP contribution in [0.15, 0.2) is 85.1 Å². The van der Waals surface area contributed by atoms with E-state index in [9.17, 15) is 23.1 Å². The zero-order valence-electron chi connectivity index (χ0n) is 17.2. The van der Waals surface area contributed by atoms with E-state index in [1.165, 1.54) is 23.0 Å². The van der Waals surface area contributed by atoms with Crippen LogP contribution in [0.5, 0.6) is 0 Å². The van der Waals surface area contributed by atoms with E-state index < -0.39 is 17.7 Å². The van der Waals surface area contributed by atoms with Crippen LogP contribution in [-0.4, -0.2) is 20.9 Å². The fraction of sp³-hybridized carbons (Fsp3) is 0.0769. The van der Waals surface area contributed by atoms with Gasteiger partial charge in [0.1, 0.15) is 0 Å². The Bertz CT molecular complexity index is 1520. The number of carboxylic acids is 1. The first-order chi connectivity index (χ1) is 15.8. The summed E-state index contributed by atoms with van der Waals surface area (Å²) in [5.41, 5.74) is 0.939. The standard InChI is InChI=1S/C26H17F3N2O2/c27-26(28,29)20-5-3-6-21(14-20)31-15-19(13-24(32)33)25(30-31)18-10-11-23-17(12-18)9-8-16-4-1-2-7-22(16)23/h1-12,14-15H,13H2,(H,32,33). The summed E-state index contributed by atoms with van der Waals surface area (Å²) in [5, 5.41) is 18.1. The van der Waals surface area contributed by atoms with Crippen molar-refractivity contribution in [1.82, 2.24) is 9.78 Å². The lowest BCUT2D eigenvalue weighted by atomic mass is 9.98. The Hall–Kier alpha value is -4.13. The summed E-state index contributed by atoms with van der Waals surface area (Å²) in [7, 11) is 0. The van der Waals surface area contributed by atoms with E-state index in [4.69, 9.17) is 0 Å². The predicted octanol–water partition coefficient (Wildman–Crippen LogP) is 6.49. The Balaban J connectivity index is 1.64. The quantitative estimate of drug-likeness (QED) is 0.321. The molecule has 4 nitrogen and oxygen atoms in total. The summed E-state index contributed by atoms with van der Waals surface area (Å²) in [5.74, 6) is -1.05. The average Bonchev–Trinajstić information content (AvgIpc) is 3.21. The topological polar surface area (TPSA) is 55.1 Å². The molecule has 1 N–H and O–H groups in total. The summed E-state index contributed by atoms with van der Waals surface area (Å²) in [6, 6.07) is 22.5. The van der Waals surface area contributed by atoms with Gasteiger partial charge in [-0.1, -0.05) is 54.6 Å². The predicted molar refractivity (Wildman–Crippen MR) is 120 cm³/mol. The van der Waals surface area contributed by atoms with Crippen molar-refractivity contribution < 1.29 is 23.1 Å². The number of fused-ring (bicyclic) bond motifs is 3. The highest BCUT2D eigenvalue weighted by Crippen LogP contribution is 2.33. The van der Waals surface area contributed by atoms with E-state index in [2.05, 4.69) is 5.10 Å². The van der Waals surface area contributed by atoms with Gasteiger partial charge < -0.3 is 5.11 Å². The van der Waals surface area contributed by atoms with Gasteiger partial charge in [-0.3, -0.25) is 4.79 Å². The number of alkyl halides is 3. The summed E-state index contributed by atoms with van der Waals surface area (Å²) >= 11 is 0. The molecule has 0 amide bonds. The van der Waals surface area contributed by atoms with Crippen molar-refractivity contribution in [1.29, 1.82) is 0 Å². The largest absolute Gasteiger partial charge is 0.481 e. The highest BCUT2D eigenvalue weighted by atomic mass is 19.4. The summed E-state index contributed by atoms with van der Waals surface area (Å²) in [6.07, 6.45) is -3.31. The molecule has 0 radical (unpaired) electrons. The molecule has 7 heteroatoms. The lowest BCUT2D eigenvalue weighted by Gasteiger charge is -2.08. The Morgan fingerprint density at radius 3 is 2.42 bits per heavy atom. The fourth-order valence-corrected chi connectivity index (χ4v) is 4.06. The number of hydrogen-bond donors (Lipinski definition) is 1. The van der Waals surface area contributed by atoms with Crippen molar-refractivity contribution in [3.63, 3.8) is 0 Å². The number of aliphatic carboxylic acids is 1. The lowest BCUT2D eigenvalue weighted by molar-refractivity contribution is -0.138. The normalized spacial score (nSPS) is 11.8. The SMILES string of the molecule is O=C(O)Cc1cn(-c2cccc(C(F)(F)F)c2)nc1-c1ccc2c(ccc3ccccc32)c1. The Morgan fingerprint density at radius 2 is 1.64 bits per heavy atom. The van der Waals surface area contributed by atoms with Gasteiger partial charge in [0, 0.05) is 17.3 Å². The molecule has 1 heterocycles. The van der Waals surface area contributed by atoms with Gasteiger partial charge in [0.05, 0.1) is 23.4 Å². The monoisotopic (exact) mass is 446 g/mol. The zero-order valence-corrected chi connectivity index (χ0v) is 17.2. The third-order valence-corrected chi connectivity index (χ3v) is 5.59. The molecular weight excluding hydrogens is 429 g/mol. The molecule has 0 unspecified atom stereocenters. The number of rotatable bonds is 4. The van der Waals surface area contributed by atoms with E-state index in [0.717, 1.165) is 33.7 Å². The maximum atomic E-state index is 13.2. The van der Waals surface area contributed by atoms with Crippen LogP contribution in [0.1, 0.15) is 11.1 Å². The number of carboxylic acid groups (broad SMARTS) is 1. The van der Waals surface area contributed by atoms with E-state index >= 15 is 0 Å². The first-order valence-electron chi connectivity index (χ1n) is 10.2. The van der Waals surface area contributed by atoms with Gasteiger partial charge in [-0.2, -0.15) is 18.3 Å². The van der Waals surface area contributed by atoms with Gasteiger partial charge >= 0.3 is 12.1 Å². The molecule has 0 saturated carbocycles. The molecule has 0 saturated heterocycles. The van der Waals surface area contributed by atoms with Crippen LogP contribution in [0.3, 0.4) is 0 Å². The van der Waals surface area contributed by atoms with E-state index in [0.29, 0.717) is 16.8 Å². The first kappa shape index (κ1) is 20.8. The van der Waals surface area contributed by atoms with Gasteiger partial charge in [-0.25, -0.2) is 4.68 Å². The molecular formula is C26H17F3N2O2. The van der Waals surface area contributed by atoms with Crippen LogP contribution in [0.25, 0.3) is 38.5 Å². The molecule has 0 bridgehead atoms. The fourth-order valence-electron chi connectivity index (χ4n) is 4.06. The molecule has 0 fully saturated rings. The minimum Gasteiger partial charge on any atom is -0.481 e. The Morgan fingerprint density at radius 1 is 0.879 bits per heavy atom. The van der Waals surface area contributed by atoms with Crippen molar-refractivity contribution in [2.24, 2.45) is 0 Å². The number of nitrogens with zero attached hydrogens (tertiary/aromatic N) is 2. The summed E-state index contributed by atoms with van der Waals surface area (Å²) < 4.78 is 40.8. The minimum atomic E-state index is -4.49. The number of hydrogen-bond acceptors (Lipinski definition) is 2. The minimum absolute atomic E-state index is 0.203. The smallest absolute Gasteiger partial charge is 0.416 e. The average molecular weight is 446 g/mol. The molecule has 5 aromatic rings. The van der Waals surface area contributed by atoms with Crippen LogP contribution in [0.2, 0.25) is 0 Å². The molecule has 0 aliphatic carbocycles. The third-order valence-electron chi connectivity index (χ3n) is 5.59. The van der Waals surface area contributed by atoms with Gasteiger partial charge in [0.15, 0.2) is 0 Å². The first-order valence-corrected chi connectivity index (χ1v) is 10.2. The number of benzene rings is 4. The van der Waals surface area contributed by atoms with E-state index in [1.807, 2.05) is 54.6 Å². The zero-order chi connectivity index (χ0) is 23.2. The van der Waals surface area contributed by atoms with Gasteiger partial charge in [0.25, 0.3) is 0 Å². The van der Waals surface area contributed by atoms with Crippen LogP contribution < -0.4 is 0 Å². The van der Waals surface area contributed by atoms with E-state index in [1.54, 1.807) is 0 Å². The van der Waals surface area contributed by atoms with Gasteiger partial charge in [-0.05, 0) is 45.8 Å². The van der Waals surface area contributed by atoms with Crippen LogP contribution in [0, 0.1) is 0 Å². The second-order valence-electron chi connectivity index (χ2n) is 7.79. The van der Waals surface area contributed by atoms with Gasteiger partial charge in [0.2, 0.25) is 0 Å². The molecule has 0 spiro atoms. The third kappa shape index (κ3) is 3.93. The number of halogens is 3.